The average molecular weight is 342 g/mol. The number of nitrogens with zero attached hydrogens (tertiary/aromatic N) is 4. The van der Waals surface area contributed by atoms with Crippen molar-refractivity contribution in [3.8, 4) is 0 Å². The van der Waals surface area contributed by atoms with Crippen LogP contribution < -0.4 is 0 Å². The highest BCUT2D eigenvalue weighted by molar-refractivity contribution is 5.78. The van der Waals surface area contributed by atoms with Crippen molar-refractivity contribution >= 4 is 5.91 Å². The lowest BCUT2D eigenvalue weighted by Crippen LogP contribution is -2.54. The number of hydrogen-bond acceptors (Lipinski definition) is 4. The van der Waals surface area contributed by atoms with Crippen molar-refractivity contribution in [3.05, 3.63) is 23.8 Å². The predicted molar refractivity (Wildman–Crippen MR) is 97.0 cm³/mol. The molecule has 0 bridgehead atoms. The molecule has 1 amide bonds. The van der Waals surface area contributed by atoms with Gasteiger partial charge in [-0.25, -0.2) is 9.97 Å². The van der Waals surface area contributed by atoms with Gasteiger partial charge in [-0.1, -0.05) is 13.8 Å². The van der Waals surface area contributed by atoms with Crippen molar-refractivity contribution in [2.45, 2.75) is 70.9 Å². The zero-order valence-electron chi connectivity index (χ0n) is 15.6. The number of carbonyl (C=O) groups excluding carboxylic acids is 1. The van der Waals surface area contributed by atoms with E-state index in [1.807, 2.05) is 12.4 Å². The summed E-state index contributed by atoms with van der Waals surface area (Å²) in [7, 11) is 0. The van der Waals surface area contributed by atoms with E-state index in [9.17, 15) is 4.79 Å². The number of piperidine rings is 2. The molecule has 1 aromatic rings. The van der Waals surface area contributed by atoms with Crippen molar-refractivity contribution in [3.63, 3.8) is 0 Å². The molecule has 0 N–H and O–H groups in total. The van der Waals surface area contributed by atoms with Gasteiger partial charge in [0.15, 0.2) is 0 Å². The van der Waals surface area contributed by atoms with Gasteiger partial charge in [0.25, 0.3) is 0 Å². The Balaban J connectivity index is 1.41. The summed E-state index contributed by atoms with van der Waals surface area (Å²) in [4.78, 5) is 26.0. The van der Waals surface area contributed by atoms with E-state index in [4.69, 9.17) is 0 Å². The largest absolute Gasteiger partial charge is 0.339 e. The molecule has 25 heavy (non-hydrogen) atoms. The van der Waals surface area contributed by atoms with Crippen LogP contribution in [0.1, 0.15) is 69.7 Å². The van der Waals surface area contributed by atoms with Crippen LogP contribution in [-0.4, -0.2) is 51.4 Å². The minimum Gasteiger partial charge on any atom is -0.339 e. The zero-order valence-corrected chi connectivity index (χ0v) is 15.6. The molecule has 1 atom stereocenters. The Bertz CT molecular complexity index is 625. The summed E-state index contributed by atoms with van der Waals surface area (Å²) in [5.74, 6) is 1.69. The van der Waals surface area contributed by atoms with Gasteiger partial charge in [0, 0.05) is 61.4 Å². The molecule has 1 aliphatic carbocycles. The Morgan fingerprint density at radius 3 is 2.64 bits per heavy atom. The van der Waals surface area contributed by atoms with Gasteiger partial charge in [0.05, 0.1) is 0 Å². The third-order valence-electron chi connectivity index (χ3n) is 6.07. The molecule has 2 aliphatic heterocycles. The summed E-state index contributed by atoms with van der Waals surface area (Å²) in [6.45, 7) is 8.41. The maximum Gasteiger partial charge on any atom is 0.222 e. The molecule has 5 nitrogen and oxygen atoms in total. The molecule has 0 radical (unpaired) electrons. The van der Waals surface area contributed by atoms with Crippen LogP contribution in [0.25, 0.3) is 0 Å². The van der Waals surface area contributed by atoms with E-state index in [1.165, 1.54) is 31.2 Å². The highest BCUT2D eigenvalue weighted by atomic mass is 16.2. The van der Waals surface area contributed by atoms with E-state index in [2.05, 4.69) is 33.6 Å². The lowest BCUT2D eigenvalue weighted by atomic mass is 9.73. The molecule has 3 aliphatic rings. The number of hydrogen-bond donors (Lipinski definition) is 0. The van der Waals surface area contributed by atoms with Crippen LogP contribution in [-0.2, 0) is 11.3 Å². The Morgan fingerprint density at radius 2 is 1.96 bits per heavy atom. The Labute approximate surface area is 150 Å². The molecule has 3 fully saturated rings. The molecule has 136 valence electrons. The molecule has 2 saturated heterocycles. The number of amides is 1. The van der Waals surface area contributed by atoms with Gasteiger partial charge in [-0.15, -0.1) is 0 Å². The van der Waals surface area contributed by atoms with Crippen LogP contribution in [0, 0.1) is 5.41 Å². The zero-order chi connectivity index (χ0) is 17.4. The third-order valence-corrected chi connectivity index (χ3v) is 6.07. The summed E-state index contributed by atoms with van der Waals surface area (Å²) < 4.78 is 0. The van der Waals surface area contributed by atoms with E-state index >= 15 is 0 Å². The minimum atomic E-state index is 0.313. The number of aromatic nitrogens is 2. The third kappa shape index (κ3) is 3.71. The summed E-state index contributed by atoms with van der Waals surface area (Å²) in [6.07, 6.45) is 10.7. The van der Waals surface area contributed by atoms with Crippen LogP contribution in [0.2, 0.25) is 0 Å². The van der Waals surface area contributed by atoms with E-state index in [-0.39, 0.29) is 0 Å². The second-order valence-corrected chi connectivity index (χ2v) is 8.67. The first-order chi connectivity index (χ1) is 12.0. The van der Waals surface area contributed by atoms with Gasteiger partial charge in [-0.3, -0.25) is 9.69 Å². The molecule has 3 heterocycles. The molecule has 1 aromatic heterocycles. The Kier molecular flexibility index (Phi) is 4.52. The summed E-state index contributed by atoms with van der Waals surface area (Å²) in [6, 6.07) is 0.553. The summed E-state index contributed by atoms with van der Waals surface area (Å²) >= 11 is 0. The molecule has 0 aromatic carbocycles. The topological polar surface area (TPSA) is 49.3 Å². The molecule has 5 heteroatoms. The first-order valence-electron chi connectivity index (χ1n) is 9.87. The first-order valence-corrected chi connectivity index (χ1v) is 9.87. The number of likely N-dealkylation sites (tertiary alicyclic amines) is 2. The maximum absolute atomic E-state index is 12.3. The van der Waals surface area contributed by atoms with E-state index < -0.39 is 0 Å². The van der Waals surface area contributed by atoms with Crippen molar-refractivity contribution in [1.82, 2.24) is 19.8 Å². The van der Waals surface area contributed by atoms with Crippen LogP contribution in [0.5, 0.6) is 0 Å². The van der Waals surface area contributed by atoms with Crippen molar-refractivity contribution < 1.29 is 4.79 Å². The van der Waals surface area contributed by atoms with Crippen LogP contribution >= 0.6 is 0 Å². The van der Waals surface area contributed by atoms with Gasteiger partial charge in [-0.2, -0.15) is 0 Å². The summed E-state index contributed by atoms with van der Waals surface area (Å²) in [5.41, 5.74) is 1.51. The molecule has 1 saturated carbocycles. The maximum atomic E-state index is 12.3. The van der Waals surface area contributed by atoms with Gasteiger partial charge in [0.1, 0.15) is 5.82 Å². The highest BCUT2D eigenvalue weighted by Crippen LogP contribution is 2.42. The monoisotopic (exact) mass is 342 g/mol. The second-order valence-electron chi connectivity index (χ2n) is 8.67. The van der Waals surface area contributed by atoms with Gasteiger partial charge in [-0.05, 0) is 38.6 Å². The summed E-state index contributed by atoms with van der Waals surface area (Å²) in [5, 5.41) is 0. The molecular weight excluding hydrogens is 312 g/mol. The predicted octanol–water partition coefficient (Wildman–Crippen LogP) is 2.97. The smallest absolute Gasteiger partial charge is 0.222 e. The fourth-order valence-corrected chi connectivity index (χ4v) is 4.54. The lowest BCUT2D eigenvalue weighted by molar-refractivity contribution is -0.140. The molecule has 0 unspecified atom stereocenters. The van der Waals surface area contributed by atoms with Gasteiger partial charge >= 0.3 is 0 Å². The number of rotatable bonds is 4. The van der Waals surface area contributed by atoms with Gasteiger partial charge < -0.3 is 4.90 Å². The number of carbonyl (C=O) groups is 1. The average Bonchev–Trinajstić information content (AvgIpc) is 3.43. The Hall–Kier alpha value is -1.49. The lowest BCUT2D eigenvalue weighted by Gasteiger charge is -2.48. The second kappa shape index (κ2) is 6.67. The standard InChI is InChI=1S/C20H30N4O/c1-15(2)19-21-10-16(11-22-19)12-23-9-3-7-20(13-23)8-6-18(25)24(14-20)17-4-5-17/h10-11,15,17H,3-9,12-14H2,1-2H3/t20-/m1/s1. The fourth-order valence-electron chi connectivity index (χ4n) is 4.54. The van der Waals surface area contributed by atoms with Crippen LogP contribution in [0.3, 0.4) is 0 Å². The fraction of sp³-hybridized carbons (Fsp3) is 0.750. The van der Waals surface area contributed by atoms with E-state index in [1.54, 1.807) is 0 Å². The highest BCUT2D eigenvalue weighted by Gasteiger charge is 2.45. The van der Waals surface area contributed by atoms with Crippen molar-refractivity contribution in [2.24, 2.45) is 5.41 Å². The SMILES string of the molecule is CC(C)c1ncc(CN2CCC[C@@]3(CCC(=O)N(C4CC4)C3)C2)cn1. The quantitative estimate of drug-likeness (QED) is 0.844. The normalized spacial score (nSPS) is 28.1. The van der Waals surface area contributed by atoms with Gasteiger partial charge in [0.2, 0.25) is 5.91 Å². The van der Waals surface area contributed by atoms with E-state index in [0.29, 0.717) is 23.3 Å². The minimum absolute atomic E-state index is 0.313. The molecule has 1 spiro atoms. The van der Waals surface area contributed by atoms with Crippen LogP contribution in [0.15, 0.2) is 12.4 Å². The molecular formula is C20H30N4O. The first kappa shape index (κ1) is 17.0. The van der Waals surface area contributed by atoms with Crippen LogP contribution in [0.4, 0.5) is 0 Å². The van der Waals surface area contributed by atoms with E-state index in [0.717, 1.165) is 44.8 Å². The molecule has 4 rings (SSSR count). The Morgan fingerprint density at radius 1 is 1.20 bits per heavy atom. The van der Waals surface area contributed by atoms with Crippen molar-refractivity contribution in [2.75, 3.05) is 19.6 Å². The van der Waals surface area contributed by atoms with Crippen molar-refractivity contribution in [1.29, 1.82) is 0 Å².